The second-order valence-electron chi connectivity index (χ2n) is 5.81. The predicted octanol–water partition coefficient (Wildman–Crippen LogP) is 2.32. The SMILES string of the molecule is CC1CN(C(C)C(=O)Nc2ccc(F)cc2N)CC1C. The van der Waals surface area contributed by atoms with Crippen molar-refractivity contribution in [3.8, 4) is 0 Å². The molecule has 20 heavy (non-hydrogen) atoms. The van der Waals surface area contributed by atoms with Gasteiger partial charge in [-0.1, -0.05) is 13.8 Å². The van der Waals surface area contributed by atoms with E-state index in [1.54, 1.807) is 0 Å². The summed E-state index contributed by atoms with van der Waals surface area (Å²) in [6, 6.07) is 3.77. The van der Waals surface area contributed by atoms with Crippen molar-refractivity contribution in [1.82, 2.24) is 4.90 Å². The van der Waals surface area contributed by atoms with Crippen molar-refractivity contribution in [3.05, 3.63) is 24.0 Å². The normalized spacial score (nSPS) is 24.6. The van der Waals surface area contributed by atoms with Crippen LogP contribution in [-0.2, 0) is 4.79 Å². The monoisotopic (exact) mass is 279 g/mol. The fourth-order valence-corrected chi connectivity index (χ4v) is 2.54. The molecule has 0 radical (unpaired) electrons. The summed E-state index contributed by atoms with van der Waals surface area (Å²) in [5.41, 5.74) is 6.40. The van der Waals surface area contributed by atoms with Gasteiger partial charge in [-0.25, -0.2) is 4.39 Å². The van der Waals surface area contributed by atoms with E-state index in [0.29, 0.717) is 17.5 Å². The molecule has 5 heteroatoms. The standard InChI is InChI=1S/C15H22FN3O/c1-9-7-19(8-10(9)2)11(3)15(20)18-14-5-4-12(16)6-13(14)17/h4-6,9-11H,7-8,17H2,1-3H3,(H,18,20). The molecule has 1 saturated heterocycles. The molecule has 3 N–H and O–H groups in total. The fraction of sp³-hybridized carbons (Fsp3) is 0.533. The number of nitrogens with zero attached hydrogens (tertiary/aromatic N) is 1. The smallest absolute Gasteiger partial charge is 0.241 e. The molecule has 1 fully saturated rings. The van der Waals surface area contributed by atoms with Gasteiger partial charge in [0, 0.05) is 13.1 Å². The zero-order valence-corrected chi connectivity index (χ0v) is 12.2. The molecular formula is C15H22FN3O. The number of rotatable bonds is 3. The zero-order chi connectivity index (χ0) is 14.9. The van der Waals surface area contributed by atoms with Gasteiger partial charge in [-0.15, -0.1) is 0 Å². The van der Waals surface area contributed by atoms with E-state index >= 15 is 0 Å². The van der Waals surface area contributed by atoms with Crippen LogP contribution in [0, 0.1) is 17.7 Å². The summed E-state index contributed by atoms with van der Waals surface area (Å²) in [5, 5.41) is 2.77. The molecule has 0 bridgehead atoms. The molecule has 1 heterocycles. The Labute approximate surface area is 119 Å². The molecule has 3 unspecified atom stereocenters. The molecule has 110 valence electrons. The minimum Gasteiger partial charge on any atom is -0.397 e. The summed E-state index contributed by atoms with van der Waals surface area (Å²) in [6.45, 7) is 8.14. The summed E-state index contributed by atoms with van der Waals surface area (Å²) >= 11 is 0. The van der Waals surface area contributed by atoms with Gasteiger partial charge in [-0.2, -0.15) is 0 Å². The lowest BCUT2D eigenvalue weighted by atomic mass is 10.0. The number of nitrogen functional groups attached to an aromatic ring is 1. The number of likely N-dealkylation sites (tertiary alicyclic amines) is 1. The number of nitrogens with one attached hydrogen (secondary N) is 1. The van der Waals surface area contributed by atoms with Crippen LogP contribution in [-0.4, -0.2) is 29.9 Å². The minimum absolute atomic E-state index is 0.107. The third-order valence-electron chi connectivity index (χ3n) is 4.22. The quantitative estimate of drug-likeness (QED) is 0.835. The first-order valence-electron chi connectivity index (χ1n) is 6.98. The number of halogens is 1. The molecular weight excluding hydrogens is 257 g/mol. The molecule has 1 aromatic rings. The molecule has 4 nitrogen and oxygen atoms in total. The lowest BCUT2D eigenvalue weighted by molar-refractivity contribution is -0.120. The van der Waals surface area contributed by atoms with Gasteiger partial charge in [0.2, 0.25) is 5.91 Å². The number of hydrogen-bond acceptors (Lipinski definition) is 3. The Morgan fingerprint density at radius 1 is 1.40 bits per heavy atom. The van der Waals surface area contributed by atoms with Crippen LogP contribution in [0.15, 0.2) is 18.2 Å². The van der Waals surface area contributed by atoms with Crippen molar-refractivity contribution < 1.29 is 9.18 Å². The molecule has 2 rings (SSSR count). The Bertz CT molecular complexity index is 496. The molecule has 0 saturated carbocycles. The molecule has 1 aromatic carbocycles. The van der Waals surface area contributed by atoms with Crippen LogP contribution in [0.3, 0.4) is 0 Å². The van der Waals surface area contributed by atoms with Gasteiger partial charge in [0.25, 0.3) is 0 Å². The highest BCUT2D eigenvalue weighted by atomic mass is 19.1. The Hall–Kier alpha value is -1.62. The van der Waals surface area contributed by atoms with Crippen LogP contribution < -0.4 is 11.1 Å². The van der Waals surface area contributed by atoms with Gasteiger partial charge in [-0.3, -0.25) is 9.69 Å². The van der Waals surface area contributed by atoms with Crippen molar-refractivity contribution >= 4 is 17.3 Å². The van der Waals surface area contributed by atoms with Gasteiger partial charge in [-0.05, 0) is 37.0 Å². The zero-order valence-electron chi connectivity index (χ0n) is 12.2. The molecule has 3 atom stereocenters. The van der Waals surface area contributed by atoms with E-state index in [1.165, 1.54) is 18.2 Å². The summed E-state index contributed by atoms with van der Waals surface area (Å²) in [6.07, 6.45) is 0. The maximum Gasteiger partial charge on any atom is 0.241 e. The van der Waals surface area contributed by atoms with E-state index in [9.17, 15) is 9.18 Å². The number of carbonyl (C=O) groups is 1. The predicted molar refractivity (Wildman–Crippen MR) is 78.8 cm³/mol. The first kappa shape index (κ1) is 14.8. The largest absolute Gasteiger partial charge is 0.397 e. The molecule has 1 aliphatic heterocycles. The van der Waals surface area contributed by atoms with E-state index in [2.05, 4.69) is 24.1 Å². The number of carbonyl (C=O) groups excluding carboxylic acids is 1. The summed E-state index contributed by atoms with van der Waals surface area (Å²) in [5.74, 6) is 0.683. The maximum atomic E-state index is 13.0. The average molecular weight is 279 g/mol. The van der Waals surface area contributed by atoms with Crippen molar-refractivity contribution in [2.24, 2.45) is 11.8 Å². The van der Waals surface area contributed by atoms with Crippen molar-refractivity contribution in [2.75, 3.05) is 24.1 Å². The number of nitrogens with two attached hydrogens (primary N) is 1. The van der Waals surface area contributed by atoms with Gasteiger partial charge >= 0.3 is 0 Å². The second kappa shape index (κ2) is 5.79. The number of anilines is 2. The average Bonchev–Trinajstić information content (AvgIpc) is 2.72. The van der Waals surface area contributed by atoms with Gasteiger partial charge in [0.05, 0.1) is 17.4 Å². The Balaban J connectivity index is 2.01. The summed E-state index contributed by atoms with van der Waals surface area (Å²) in [4.78, 5) is 14.4. The van der Waals surface area contributed by atoms with Crippen LogP contribution in [0.5, 0.6) is 0 Å². The van der Waals surface area contributed by atoms with Crippen LogP contribution in [0.4, 0.5) is 15.8 Å². The Kier molecular flexibility index (Phi) is 4.28. The Morgan fingerprint density at radius 2 is 2.00 bits per heavy atom. The van der Waals surface area contributed by atoms with E-state index in [-0.39, 0.29) is 17.6 Å². The van der Waals surface area contributed by atoms with Crippen molar-refractivity contribution in [3.63, 3.8) is 0 Å². The number of benzene rings is 1. The van der Waals surface area contributed by atoms with E-state index in [0.717, 1.165) is 13.1 Å². The summed E-state index contributed by atoms with van der Waals surface area (Å²) < 4.78 is 13.0. The molecule has 1 aliphatic rings. The minimum atomic E-state index is -0.407. The first-order chi connectivity index (χ1) is 9.38. The third-order valence-corrected chi connectivity index (χ3v) is 4.22. The number of hydrogen-bond donors (Lipinski definition) is 2. The molecule has 0 spiro atoms. The fourth-order valence-electron chi connectivity index (χ4n) is 2.54. The first-order valence-corrected chi connectivity index (χ1v) is 6.98. The highest BCUT2D eigenvalue weighted by molar-refractivity contribution is 5.97. The van der Waals surface area contributed by atoms with Crippen molar-refractivity contribution in [2.45, 2.75) is 26.8 Å². The highest BCUT2D eigenvalue weighted by Gasteiger charge is 2.32. The Morgan fingerprint density at radius 3 is 2.55 bits per heavy atom. The lowest BCUT2D eigenvalue weighted by Gasteiger charge is -2.23. The topological polar surface area (TPSA) is 58.4 Å². The third kappa shape index (κ3) is 3.10. The van der Waals surface area contributed by atoms with Crippen LogP contribution >= 0.6 is 0 Å². The van der Waals surface area contributed by atoms with Gasteiger partial charge in [0.1, 0.15) is 5.82 Å². The van der Waals surface area contributed by atoms with E-state index in [4.69, 9.17) is 5.73 Å². The van der Waals surface area contributed by atoms with Crippen LogP contribution in [0.1, 0.15) is 20.8 Å². The van der Waals surface area contributed by atoms with Gasteiger partial charge < -0.3 is 11.1 Å². The van der Waals surface area contributed by atoms with Gasteiger partial charge in [0.15, 0.2) is 0 Å². The summed E-state index contributed by atoms with van der Waals surface area (Å²) in [7, 11) is 0. The molecule has 1 amide bonds. The number of amides is 1. The van der Waals surface area contributed by atoms with E-state index < -0.39 is 5.82 Å². The second-order valence-corrected chi connectivity index (χ2v) is 5.81. The molecule has 0 aromatic heterocycles. The lowest BCUT2D eigenvalue weighted by Crippen LogP contribution is -2.41. The van der Waals surface area contributed by atoms with Crippen LogP contribution in [0.2, 0.25) is 0 Å². The maximum absolute atomic E-state index is 13.0. The van der Waals surface area contributed by atoms with Crippen LogP contribution in [0.25, 0.3) is 0 Å². The molecule has 0 aliphatic carbocycles. The highest BCUT2D eigenvalue weighted by Crippen LogP contribution is 2.25. The van der Waals surface area contributed by atoms with E-state index in [1.807, 2.05) is 6.92 Å². The van der Waals surface area contributed by atoms with Crippen molar-refractivity contribution in [1.29, 1.82) is 0 Å².